The Morgan fingerprint density at radius 3 is 2.55 bits per heavy atom. The molecule has 102 valence electrons. The Kier molecular flexibility index (Phi) is 3.60. The Balaban J connectivity index is 2.46. The summed E-state index contributed by atoms with van der Waals surface area (Å²) in [7, 11) is 1.70. The van der Waals surface area contributed by atoms with Crippen molar-refractivity contribution in [3.8, 4) is 0 Å². The molecule has 0 saturated heterocycles. The fourth-order valence-electron chi connectivity index (χ4n) is 1.72. The molecule has 0 radical (unpaired) electrons. The molecule has 7 nitrogen and oxygen atoms in total. The van der Waals surface area contributed by atoms with Crippen molar-refractivity contribution >= 4 is 23.2 Å². The van der Waals surface area contributed by atoms with Gasteiger partial charge in [-0.05, 0) is 12.1 Å². The van der Waals surface area contributed by atoms with Crippen LogP contribution in [0.25, 0.3) is 0 Å². The molecule has 0 spiro atoms. The molecular formula is C13H11N3O4. The lowest BCUT2D eigenvalue weighted by atomic mass is 10.2. The third-order valence-corrected chi connectivity index (χ3v) is 2.78. The quantitative estimate of drug-likeness (QED) is 0.678. The van der Waals surface area contributed by atoms with E-state index in [1.165, 1.54) is 6.07 Å². The van der Waals surface area contributed by atoms with Crippen molar-refractivity contribution in [3.05, 3.63) is 58.3 Å². The van der Waals surface area contributed by atoms with Crippen molar-refractivity contribution in [2.75, 3.05) is 11.9 Å². The normalized spacial score (nSPS) is 10.1. The number of rotatable bonds is 4. The van der Waals surface area contributed by atoms with Gasteiger partial charge in [-0.3, -0.25) is 10.1 Å². The Hall–Kier alpha value is -2.96. The van der Waals surface area contributed by atoms with E-state index in [1.807, 2.05) is 30.3 Å². The van der Waals surface area contributed by atoms with Gasteiger partial charge in [0.2, 0.25) is 0 Å². The number of hydrogen-bond acceptors (Lipinski definition) is 5. The highest BCUT2D eigenvalue weighted by molar-refractivity contribution is 5.93. The minimum atomic E-state index is -1.36. The summed E-state index contributed by atoms with van der Waals surface area (Å²) >= 11 is 0. The smallest absolute Gasteiger partial charge is 0.342 e. The fraction of sp³-hybridized carbons (Fsp3) is 0.0769. The van der Waals surface area contributed by atoms with Gasteiger partial charge in [-0.2, -0.15) is 0 Å². The van der Waals surface area contributed by atoms with Gasteiger partial charge in [-0.15, -0.1) is 0 Å². The van der Waals surface area contributed by atoms with Crippen molar-refractivity contribution in [2.24, 2.45) is 0 Å². The SMILES string of the molecule is CN(c1ccccc1)c1cc(C(=O)O)c([N+](=O)[O-])cn1. The van der Waals surface area contributed by atoms with Crippen LogP contribution in [0.15, 0.2) is 42.6 Å². The number of nitrogens with zero attached hydrogens (tertiary/aromatic N) is 3. The van der Waals surface area contributed by atoms with E-state index in [1.54, 1.807) is 11.9 Å². The van der Waals surface area contributed by atoms with Crippen LogP contribution in [0.3, 0.4) is 0 Å². The third kappa shape index (κ3) is 2.56. The number of aromatic carboxylic acids is 1. The van der Waals surface area contributed by atoms with E-state index >= 15 is 0 Å². The molecule has 0 fully saturated rings. The highest BCUT2D eigenvalue weighted by Crippen LogP contribution is 2.26. The lowest BCUT2D eigenvalue weighted by Gasteiger charge is -2.18. The van der Waals surface area contributed by atoms with Crippen molar-refractivity contribution in [3.63, 3.8) is 0 Å². The van der Waals surface area contributed by atoms with E-state index in [2.05, 4.69) is 4.98 Å². The molecule has 0 bridgehead atoms. The number of anilines is 2. The van der Waals surface area contributed by atoms with E-state index < -0.39 is 16.6 Å². The zero-order chi connectivity index (χ0) is 14.7. The van der Waals surface area contributed by atoms with E-state index in [9.17, 15) is 14.9 Å². The molecular weight excluding hydrogens is 262 g/mol. The molecule has 0 aliphatic rings. The van der Waals surface area contributed by atoms with Crippen LogP contribution in [0.4, 0.5) is 17.2 Å². The first-order chi connectivity index (χ1) is 9.50. The summed E-state index contributed by atoms with van der Waals surface area (Å²) in [6.45, 7) is 0. The molecule has 0 unspecified atom stereocenters. The number of carboxylic acids is 1. The lowest BCUT2D eigenvalue weighted by Crippen LogP contribution is -2.13. The van der Waals surface area contributed by atoms with Crippen LogP contribution >= 0.6 is 0 Å². The van der Waals surface area contributed by atoms with Crippen LogP contribution in [0.5, 0.6) is 0 Å². The van der Waals surface area contributed by atoms with E-state index in [4.69, 9.17) is 5.11 Å². The van der Waals surface area contributed by atoms with Crippen LogP contribution in [0.1, 0.15) is 10.4 Å². The van der Waals surface area contributed by atoms with E-state index in [0.29, 0.717) is 5.82 Å². The minimum Gasteiger partial charge on any atom is -0.477 e. The topological polar surface area (TPSA) is 96.6 Å². The summed E-state index contributed by atoms with van der Waals surface area (Å²) in [6, 6.07) is 10.3. The molecule has 1 aromatic heterocycles. The van der Waals surface area contributed by atoms with Gasteiger partial charge in [0.25, 0.3) is 0 Å². The van der Waals surface area contributed by atoms with Crippen LogP contribution in [-0.4, -0.2) is 28.0 Å². The molecule has 0 aliphatic heterocycles. The number of carboxylic acid groups (broad SMARTS) is 1. The van der Waals surface area contributed by atoms with Crippen LogP contribution in [0, 0.1) is 10.1 Å². The third-order valence-electron chi connectivity index (χ3n) is 2.78. The van der Waals surface area contributed by atoms with Gasteiger partial charge in [-0.25, -0.2) is 9.78 Å². The van der Waals surface area contributed by atoms with E-state index in [0.717, 1.165) is 11.9 Å². The second-order valence-electron chi connectivity index (χ2n) is 4.02. The molecule has 1 aromatic carbocycles. The largest absolute Gasteiger partial charge is 0.477 e. The number of benzene rings is 1. The maximum atomic E-state index is 11.1. The minimum absolute atomic E-state index is 0.319. The summed E-state index contributed by atoms with van der Waals surface area (Å²) in [5, 5.41) is 19.8. The molecule has 0 amide bonds. The summed E-state index contributed by atoms with van der Waals surface area (Å²) in [5.74, 6) is -1.04. The standard InChI is InChI=1S/C13H11N3O4/c1-15(9-5-3-2-4-6-9)12-7-10(13(17)18)11(8-14-12)16(19)20/h2-8H,1H3,(H,17,18). The lowest BCUT2D eigenvalue weighted by molar-refractivity contribution is -0.385. The summed E-state index contributed by atoms with van der Waals surface area (Å²) in [6.07, 6.45) is 0.957. The Labute approximate surface area is 114 Å². The first-order valence-corrected chi connectivity index (χ1v) is 5.67. The van der Waals surface area contributed by atoms with Crippen molar-refractivity contribution in [2.45, 2.75) is 0 Å². The molecule has 2 rings (SSSR count). The Bertz CT molecular complexity index is 658. The number of hydrogen-bond donors (Lipinski definition) is 1. The maximum absolute atomic E-state index is 11.1. The molecule has 1 heterocycles. The fourth-order valence-corrected chi connectivity index (χ4v) is 1.72. The summed E-state index contributed by atoms with van der Waals surface area (Å²) in [4.78, 5) is 26.7. The molecule has 0 saturated carbocycles. The average Bonchev–Trinajstić information content (AvgIpc) is 2.46. The number of nitro groups is 1. The van der Waals surface area contributed by atoms with Gasteiger partial charge < -0.3 is 10.0 Å². The first kappa shape index (κ1) is 13.5. The number of pyridine rings is 1. The van der Waals surface area contributed by atoms with Crippen LogP contribution < -0.4 is 4.90 Å². The van der Waals surface area contributed by atoms with Gasteiger partial charge in [0.1, 0.15) is 17.6 Å². The second-order valence-corrected chi connectivity index (χ2v) is 4.02. The average molecular weight is 273 g/mol. The number of carbonyl (C=O) groups is 1. The van der Waals surface area contributed by atoms with Crippen LogP contribution in [-0.2, 0) is 0 Å². The van der Waals surface area contributed by atoms with Gasteiger partial charge in [-0.1, -0.05) is 18.2 Å². The summed E-state index contributed by atoms with van der Waals surface area (Å²) in [5.41, 5.74) is -0.115. The molecule has 1 N–H and O–H groups in total. The molecule has 2 aromatic rings. The van der Waals surface area contributed by atoms with Gasteiger partial charge in [0.05, 0.1) is 4.92 Å². The molecule has 0 atom stereocenters. The van der Waals surface area contributed by atoms with Gasteiger partial charge >= 0.3 is 11.7 Å². The monoisotopic (exact) mass is 273 g/mol. The second kappa shape index (κ2) is 5.35. The summed E-state index contributed by atoms with van der Waals surface area (Å²) < 4.78 is 0. The number of para-hydroxylation sites is 1. The van der Waals surface area contributed by atoms with Gasteiger partial charge in [0, 0.05) is 18.8 Å². The predicted octanol–water partition coefficient (Wildman–Crippen LogP) is 2.46. The Morgan fingerprint density at radius 1 is 1.35 bits per heavy atom. The maximum Gasteiger partial charge on any atom is 0.342 e. The molecule has 7 heteroatoms. The number of aromatic nitrogens is 1. The highest BCUT2D eigenvalue weighted by atomic mass is 16.6. The molecule has 0 aliphatic carbocycles. The Morgan fingerprint density at radius 2 is 2.00 bits per heavy atom. The van der Waals surface area contributed by atoms with Crippen LogP contribution in [0.2, 0.25) is 0 Å². The zero-order valence-corrected chi connectivity index (χ0v) is 10.6. The highest BCUT2D eigenvalue weighted by Gasteiger charge is 2.22. The molecule has 20 heavy (non-hydrogen) atoms. The van der Waals surface area contributed by atoms with Crippen molar-refractivity contribution in [1.82, 2.24) is 4.98 Å². The van der Waals surface area contributed by atoms with Gasteiger partial charge in [0.15, 0.2) is 0 Å². The van der Waals surface area contributed by atoms with Crippen molar-refractivity contribution in [1.29, 1.82) is 0 Å². The van der Waals surface area contributed by atoms with Crippen molar-refractivity contribution < 1.29 is 14.8 Å². The first-order valence-electron chi connectivity index (χ1n) is 5.67. The zero-order valence-electron chi connectivity index (χ0n) is 10.6. The predicted molar refractivity (Wildman–Crippen MR) is 72.4 cm³/mol. The van der Waals surface area contributed by atoms with E-state index in [-0.39, 0.29) is 5.56 Å².